The number of hydrogen-bond donors (Lipinski definition) is 2. The fourth-order valence-corrected chi connectivity index (χ4v) is 1.13. The summed E-state index contributed by atoms with van der Waals surface area (Å²) in [5.74, 6) is 0. The zero-order valence-electron chi connectivity index (χ0n) is 6.00. The van der Waals surface area contributed by atoms with Gasteiger partial charge >= 0.3 is 0 Å². The van der Waals surface area contributed by atoms with Crippen molar-refractivity contribution in [3.63, 3.8) is 0 Å². The third kappa shape index (κ3) is 1.93. The lowest BCUT2D eigenvalue weighted by molar-refractivity contribution is 0.187. The highest BCUT2D eigenvalue weighted by Crippen LogP contribution is 2.21. The van der Waals surface area contributed by atoms with Gasteiger partial charge in [-0.05, 0) is 6.07 Å². The number of hydrogen-bond acceptors (Lipinski definition) is 2. The first-order valence-electron chi connectivity index (χ1n) is 3.38. The van der Waals surface area contributed by atoms with Gasteiger partial charge in [-0.2, -0.15) is 0 Å². The molecule has 0 saturated carbocycles. The highest BCUT2D eigenvalue weighted by Gasteiger charge is 2.07. The summed E-state index contributed by atoms with van der Waals surface area (Å²) in [5, 5.41) is 9.86. The second kappa shape index (κ2) is 3.72. The van der Waals surface area contributed by atoms with Crippen LogP contribution >= 0.6 is 11.6 Å². The number of halogens is 1. The molecule has 1 atom stereocenters. The van der Waals surface area contributed by atoms with E-state index in [4.69, 9.17) is 17.3 Å². The fourth-order valence-electron chi connectivity index (χ4n) is 0.872. The van der Waals surface area contributed by atoms with Gasteiger partial charge in [0.25, 0.3) is 0 Å². The summed E-state index contributed by atoms with van der Waals surface area (Å²) < 4.78 is 0. The lowest BCUT2D eigenvalue weighted by Gasteiger charge is -2.08. The van der Waals surface area contributed by atoms with Gasteiger partial charge < -0.3 is 10.8 Å². The van der Waals surface area contributed by atoms with Crippen molar-refractivity contribution in [1.29, 1.82) is 0 Å². The number of aliphatic hydroxyl groups is 1. The first kappa shape index (κ1) is 8.53. The number of aliphatic hydroxyl groups excluding tert-OH is 1. The molecule has 0 aliphatic rings. The van der Waals surface area contributed by atoms with E-state index in [1.165, 1.54) is 0 Å². The second-order valence-electron chi connectivity index (χ2n) is 2.27. The molecule has 2 nitrogen and oxygen atoms in total. The number of nitrogens with two attached hydrogens (primary N) is 1. The minimum absolute atomic E-state index is 0.198. The molecule has 3 N–H and O–H groups in total. The molecule has 0 aliphatic carbocycles. The maximum atomic E-state index is 9.30. The fraction of sp³-hybridized carbons (Fsp3) is 0.250. The van der Waals surface area contributed by atoms with Gasteiger partial charge in [-0.1, -0.05) is 29.8 Å². The van der Waals surface area contributed by atoms with Crippen LogP contribution in [-0.4, -0.2) is 11.7 Å². The Morgan fingerprint density at radius 1 is 1.45 bits per heavy atom. The van der Waals surface area contributed by atoms with Gasteiger partial charge in [0.05, 0.1) is 6.10 Å². The molecule has 1 aromatic carbocycles. The largest absolute Gasteiger partial charge is 0.387 e. The minimum atomic E-state index is -0.649. The maximum absolute atomic E-state index is 9.30. The molecule has 3 heteroatoms. The van der Waals surface area contributed by atoms with Crippen LogP contribution in [0.5, 0.6) is 0 Å². The first-order chi connectivity index (χ1) is 5.25. The summed E-state index contributed by atoms with van der Waals surface area (Å²) in [6.07, 6.45) is -0.649. The predicted molar refractivity (Wildman–Crippen MR) is 45.5 cm³/mol. The molecule has 11 heavy (non-hydrogen) atoms. The van der Waals surface area contributed by atoms with E-state index in [2.05, 4.69) is 0 Å². The van der Waals surface area contributed by atoms with Crippen LogP contribution in [0.2, 0.25) is 5.02 Å². The van der Waals surface area contributed by atoms with Crippen molar-refractivity contribution in [3.05, 3.63) is 34.9 Å². The Labute approximate surface area is 70.6 Å². The number of rotatable bonds is 2. The van der Waals surface area contributed by atoms with Crippen LogP contribution in [0.1, 0.15) is 11.7 Å². The van der Waals surface area contributed by atoms with Crippen molar-refractivity contribution >= 4 is 11.6 Å². The molecule has 0 aliphatic heterocycles. The Bertz CT molecular complexity index is 239. The van der Waals surface area contributed by atoms with Gasteiger partial charge in [-0.15, -0.1) is 0 Å². The minimum Gasteiger partial charge on any atom is -0.387 e. The summed E-state index contributed by atoms with van der Waals surface area (Å²) in [6, 6.07) is 7.13. The van der Waals surface area contributed by atoms with Gasteiger partial charge in [0.1, 0.15) is 0 Å². The highest BCUT2D eigenvalue weighted by atomic mass is 35.5. The predicted octanol–water partition coefficient (Wildman–Crippen LogP) is 1.33. The highest BCUT2D eigenvalue weighted by molar-refractivity contribution is 6.31. The molecule has 1 unspecified atom stereocenters. The molecule has 0 amide bonds. The van der Waals surface area contributed by atoms with Crippen LogP contribution in [-0.2, 0) is 0 Å². The molecule has 0 spiro atoms. The number of benzene rings is 1. The molecular weight excluding hydrogens is 162 g/mol. The van der Waals surface area contributed by atoms with Crippen molar-refractivity contribution < 1.29 is 5.11 Å². The Kier molecular flexibility index (Phi) is 2.88. The van der Waals surface area contributed by atoms with E-state index in [-0.39, 0.29) is 6.54 Å². The standard InChI is InChI=1S/C8H10ClNO/c9-7-4-2-1-3-6(7)8(11)5-10/h1-4,8,11H,5,10H2. The van der Waals surface area contributed by atoms with E-state index in [0.717, 1.165) is 0 Å². The third-order valence-electron chi connectivity index (χ3n) is 1.49. The lowest BCUT2D eigenvalue weighted by Crippen LogP contribution is -2.11. The van der Waals surface area contributed by atoms with Crippen LogP contribution in [0, 0.1) is 0 Å². The summed E-state index contributed by atoms with van der Waals surface area (Å²) in [6.45, 7) is 0.198. The lowest BCUT2D eigenvalue weighted by atomic mass is 10.1. The molecule has 0 saturated heterocycles. The topological polar surface area (TPSA) is 46.2 Å². The van der Waals surface area contributed by atoms with E-state index in [9.17, 15) is 5.11 Å². The normalized spacial score (nSPS) is 13.0. The quantitative estimate of drug-likeness (QED) is 0.706. The molecule has 0 aromatic heterocycles. The smallest absolute Gasteiger partial charge is 0.0926 e. The van der Waals surface area contributed by atoms with Crippen molar-refractivity contribution in [3.8, 4) is 0 Å². The molecule has 60 valence electrons. The molecule has 1 aromatic rings. The summed E-state index contributed by atoms with van der Waals surface area (Å²) in [5.41, 5.74) is 5.96. The molecule has 0 fully saturated rings. The van der Waals surface area contributed by atoms with E-state index in [0.29, 0.717) is 10.6 Å². The van der Waals surface area contributed by atoms with Crippen LogP contribution < -0.4 is 5.73 Å². The molecule has 0 bridgehead atoms. The summed E-state index contributed by atoms with van der Waals surface area (Å²) in [7, 11) is 0. The van der Waals surface area contributed by atoms with E-state index >= 15 is 0 Å². The van der Waals surface area contributed by atoms with Crippen LogP contribution in [0.4, 0.5) is 0 Å². The van der Waals surface area contributed by atoms with Crippen molar-refractivity contribution in [1.82, 2.24) is 0 Å². The Morgan fingerprint density at radius 2 is 2.09 bits per heavy atom. The Morgan fingerprint density at radius 3 is 2.64 bits per heavy atom. The van der Waals surface area contributed by atoms with Gasteiger partial charge in [0.2, 0.25) is 0 Å². The average Bonchev–Trinajstić information content (AvgIpc) is 2.04. The molecule has 1 rings (SSSR count). The zero-order valence-corrected chi connectivity index (χ0v) is 6.75. The van der Waals surface area contributed by atoms with Crippen LogP contribution in [0.25, 0.3) is 0 Å². The summed E-state index contributed by atoms with van der Waals surface area (Å²) in [4.78, 5) is 0. The molecular formula is C8H10ClNO. The van der Waals surface area contributed by atoms with E-state index in [1.54, 1.807) is 12.1 Å². The summed E-state index contributed by atoms with van der Waals surface area (Å²) >= 11 is 5.78. The second-order valence-corrected chi connectivity index (χ2v) is 2.68. The van der Waals surface area contributed by atoms with Gasteiger partial charge in [-0.3, -0.25) is 0 Å². The SMILES string of the molecule is NCC(O)c1ccccc1Cl. The Balaban J connectivity index is 2.93. The first-order valence-corrected chi connectivity index (χ1v) is 3.76. The molecule has 0 radical (unpaired) electrons. The van der Waals surface area contributed by atoms with Crippen molar-refractivity contribution in [2.45, 2.75) is 6.10 Å². The average molecular weight is 172 g/mol. The Hall–Kier alpha value is -0.570. The van der Waals surface area contributed by atoms with E-state index < -0.39 is 6.10 Å². The van der Waals surface area contributed by atoms with Crippen molar-refractivity contribution in [2.75, 3.05) is 6.54 Å². The van der Waals surface area contributed by atoms with Gasteiger partial charge in [-0.25, -0.2) is 0 Å². The van der Waals surface area contributed by atoms with E-state index in [1.807, 2.05) is 12.1 Å². The molecule has 0 heterocycles. The maximum Gasteiger partial charge on any atom is 0.0926 e. The monoisotopic (exact) mass is 171 g/mol. The van der Waals surface area contributed by atoms with Gasteiger partial charge in [0, 0.05) is 17.1 Å². The van der Waals surface area contributed by atoms with Crippen LogP contribution in [0.15, 0.2) is 24.3 Å². The van der Waals surface area contributed by atoms with Crippen LogP contribution in [0.3, 0.4) is 0 Å². The van der Waals surface area contributed by atoms with Gasteiger partial charge in [0.15, 0.2) is 0 Å². The van der Waals surface area contributed by atoms with Crippen molar-refractivity contribution in [2.24, 2.45) is 5.73 Å². The zero-order chi connectivity index (χ0) is 8.27. The third-order valence-corrected chi connectivity index (χ3v) is 1.83.